The van der Waals surface area contributed by atoms with E-state index in [9.17, 15) is 0 Å². The molecule has 1 aliphatic carbocycles. The lowest BCUT2D eigenvalue weighted by atomic mass is 9.62. The number of fused-ring (bicyclic) bond motifs is 1. The maximum Gasteiger partial charge on any atom is 0.0346 e. The summed E-state index contributed by atoms with van der Waals surface area (Å²) in [7, 11) is 0. The lowest BCUT2D eigenvalue weighted by Gasteiger charge is -2.42. The molecule has 0 atom stereocenters. The van der Waals surface area contributed by atoms with E-state index in [1.165, 1.54) is 35.1 Å². The lowest BCUT2D eigenvalue weighted by Crippen LogP contribution is -2.34. The predicted octanol–water partition coefficient (Wildman–Crippen LogP) is 5.94. The standard InChI is InChI=1S/C24H28/c1-18-16-21-22(24(4,5)15-14-23(21,2)3)17-20(18)13-9-12-19-10-7-6-8-11-19/h6-8,10-11,16-17H,13-15H2,1-5H3. The van der Waals surface area contributed by atoms with Crippen LogP contribution in [0.15, 0.2) is 42.5 Å². The van der Waals surface area contributed by atoms with Crippen molar-refractivity contribution in [1.29, 1.82) is 0 Å². The predicted molar refractivity (Wildman–Crippen MR) is 103 cm³/mol. The second-order valence-electron chi connectivity index (χ2n) is 8.44. The van der Waals surface area contributed by atoms with Crippen molar-refractivity contribution >= 4 is 0 Å². The van der Waals surface area contributed by atoms with Gasteiger partial charge in [-0.25, -0.2) is 0 Å². The molecule has 124 valence electrons. The van der Waals surface area contributed by atoms with Gasteiger partial charge in [-0.05, 0) is 65.0 Å². The van der Waals surface area contributed by atoms with Crippen LogP contribution < -0.4 is 0 Å². The topological polar surface area (TPSA) is 0 Å². The van der Waals surface area contributed by atoms with Gasteiger partial charge < -0.3 is 0 Å². The lowest BCUT2D eigenvalue weighted by molar-refractivity contribution is 0.331. The van der Waals surface area contributed by atoms with Crippen LogP contribution in [0, 0.1) is 18.8 Å². The van der Waals surface area contributed by atoms with E-state index in [-0.39, 0.29) is 10.8 Å². The van der Waals surface area contributed by atoms with Crippen molar-refractivity contribution in [3.63, 3.8) is 0 Å². The van der Waals surface area contributed by atoms with E-state index in [1.807, 2.05) is 18.2 Å². The highest BCUT2D eigenvalue weighted by Crippen LogP contribution is 2.46. The molecule has 0 spiro atoms. The minimum atomic E-state index is 0.264. The highest BCUT2D eigenvalue weighted by molar-refractivity contribution is 5.48. The van der Waals surface area contributed by atoms with Crippen LogP contribution in [0.2, 0.25) is 0 Å². The summed E-state index contributed by atoms with van der Waals surface area (Å²) in [5, 5.41) is 0. The second kappa shape index (κ2) is 6.14. The largest absolute Gasteiger partial charge is 0.0931 e. The molecule has 0 aromatic heterocycles. The molecule has 2 aromatic carbocycles. The number of aryl methyl sites for hydroxylation is 1. The summed E-state index contributed by atoms with van der Waals surface area (Å²) in [5.74, 6) is 6.65. The molecule has 0 aliphatic heterocycles. The fourth-order valence-electron chi connectivity index (χ4n) is 3.72. The minimum Gasteiger partial charge on any atom is -0.0931 e. The van der Waals surface area contributed by atoms with Crippen LogP contribution in [0.3, 0.4) is 0 Å². The summed E-state index contributed by atoms with van der Waals surface area (Å²) in [4.78, 5) is 0. The molecule has 0 unspecified atom stereocenters. The minimum absolute atomic E-state index is 0.264. The van der Waals surface area contributed by atoms with Crippen LogP contribution in [-0.4, -0.2) is 0 Å². The second-order valence-corrected chi connectivity index (χ2v) is 8.44. The average molecular weight is 316 g/mol. The molecule has 0 N–H and O–H groups in total. The van der Waals surface area contributed by atoms with E-state index < -0.39 is 0 Å². The third kappa shape index (κ3) is 3.27. The molecular weight excluding hydrogens is 288 g/mol. The van der Waals surface area contributed by atoms with E-state index >= 15 is 0 Å². The van der Waals surface area contributed by atoms with E-state index in [0.717, 1.165) is 12.0 Å². The molecular formula is C24H28. The number of rotatable bonds is 1. The fraction of sp³-hybridized carbons (Fsp3) is 0.417. The van der Waals surface area contributed by atoms with Crippen LogP contribution in [0.25, 0.3) is 0 Å². The van der Waals surface area contributed by atoms with Crippen molar-refractivity contribution in [3.8, 4) is 11.8 Å². The smallest absolute Gasteiger partial charge is 0.0346 e. The van der Waals surface area contributed by atoms with Crippen LogP contribution in [0.5, 0.6) is 0 Å². The van der Waals surface area contributed by atoms with Crippen LogP contribution in [-0.2, 0) is 17.3 Å². The van der Waals surface area contributed by atoms with E-state index in [4.69, 9.17) is 0 Å². The number of benzene rings is 2. The Labute approximate surface area is 147 Å². The highest BCUT2D eigenvalue weighted by Gasteiger charge is 2.37. The van der Waals surface area contributed by atoms with Gasteiger partial charge in [0.15, 0.2) is 0 Å². The van der Waals surface area contributed by atoms with Gasteiger partial charge in [-0.3, -0.25) is 0 Å². The Morgan fingerprint density at radius 3 is 2.08 bits per heavy atom. The maximum atomic E-state index is 3.36. The van der Waals surface area contributed by atoms with Gasteiger partial charge in [0, 0.05) is 12.0 Å². The van der Waals surface area contributed by atoms with Crippen LogP contribution >= 0.6 is 0 Å². The van der Waals surface area contributed by atoms with Crippen molar-refractivity contribution in [2.75, 3.05) is 0 Å². The molecule has 2 aromatic rings. The van der Waals surface area contributed by atoms with Crippen molar-refractivity contribution in [2.45, 2.75) is 64.7 Å². The van der Waals surface area contributed by atoms with Crippen LogP contribution in [0.1, 0.15) is 68.4 Å². The summed E-state index contributed by atoms with van der Waals surface area (Å²) in [6, 6.07) is 15.1. The third-order valence-electron chi connectivity index (χ3n) is 5.59. The number of hydrogen-bond donors (Lipinski definition) is 0. The van der Waals surface area contributed by atoms with Gasteiger partial charge in [0.1, 0.15) is 0 Å². The molecule has 0 radical (unpaired) electrons. The summed E-state index contributed by atoms with van der Waals surface area (Å²) in [6.45, 7) is 11.8. The molecule has 0 heterocycles. The zero-order valence-corrected chi connectivity index (χ0v) is 15.7. The van der Waals surface area contributed by atoms with E-state index in [2.05, 4.69) is 70.7 Å². The van der Waals surface area contributed by atoms with Gasteiger partial charge in [0.2, 0.25) is 0 Å². The van der Waals surface area contributed by atoms with Crippen molar-refractivity contribution in [3.05, 3.63) is 70.3 Å². The zero-order chi connectivity index (χ0) is 17.4. The van der Waals surface area contributed by atoms with Gasteiger partial charge in [-0.1, -0.05) is 69.9 Å². The molecule has 0 bridgehead atoms. The molecule has 0 nitrogen and oxygen atoms in total. The van der Waals surface area contributed by atoms with Gasteiger partial charge >= 0.3 is 0 Å². The van der Waals surface area contributed by atoms with E-state index in [1.54, 1.807) is 0 Å². The Balaban J connectivity index is 1.95. The first-order chi connectivity index (χ1) is 11.3. The van der Waals surface area contributed by atoms with Gasteiger partial charge in [0.05, 0.1) is 0 Å². The SMILES string of the molecule is Cc1cc2c(cc1CC#Cc1ccccc1)C(C)(C)CCC2(C)C. The molecule has 24 heavy (non-hydrogen) atoms. The molecule has 0 heteroatoms. The molecule has 3 rings (SSSR count). The molecule has 0 saturated heterocycles. The van der Waals surface area contributed by atoms with Gasteiger partial charge in [-0.2, -0.15) is 0 Å². The highest BCUT2D eigenvalue weighted by atomic mass is 14.4. The van der Waals surface area contributed by atoms with E-state index in [0.29, 0.717) is 0 Å². The molecule has 0 amide bonds. The quantitative estimate of drug-likeness (QED) is 0.571. The normalized spacial score (nSPS) is 17.5. The molecule has 0 fully saturated rings. The average Bonchev–Trinajstić information content (AvgIpc) is 2.54. The molecule has 0 saturated carbocycles. The Morgan fingerprint density at radius 1 is 0.875 bits per heavy atom. The number of hydrogen-bond acceptors (Lipinski definition) is 0. The Bertz CT molecular complexity index is 795. The summed E-state index contributed by atoms with van der Waals surface area (Å²) in [6.07, 6.45) is 3.34. The van der Waals surface area contributed by atoms with Gasteiger partial charge in [0.25, 0.3) is 0 Å². The fourth-order valence-corrected chi connectivity index (χ4v) is 3.72. The summed E-state index contributed by atoms with van der Waals surface area (Å²) < 4.78 is 0. The first kappa shape index (κ1) is 16.8. The zero-order valence-electron chi connectivity index (χ0n) is 15.7. The van der Waals surface area contributed by atoms with Crippen molar-refractivity contribution in [1.82, 2.24) is 0 Å². The maximum absolute atomic E-state index is 3.36. The monoisotopic (exact) mass is 316 g/mol. The summed E-state index contributed by atoms with van der Waals surface area (Å²) >= 11 is 0. The molecule has 1 aliphatic rings. The Morgan fingerprint density at radius 2 is 1.46 bits per heavy atom. The summed E-state index contributed by atoms with van der Waals surface area (Å²) in [5.41, 5.74) is 7.46. The Kier molecular flexibility index (Phi) is 4.31. The Hall–Kier alpha value is -2.00. The van der Waals surface area contributed by atoms with Crippen molar-refractivity contribution < 1.29 is 0 Å². The van der Waals surface area contributed by atoms with Crippen molar-refractivity contribution in [2.24, 2.45) is 0 Å². The first-order valence-electron chi connectivity index (χ1n) is 8.98. The van der Waals surface area contributed by atoms with Crippen LogP contribution in [0.4, 0.5) is 0 Å². The third-order valence-corrected chi connectivity index (χ3v) is 5.59. The first-order valence-corrected chi connectivity index (χ1v) is 8.98. The van der Waals surface area contributed by atoms with Gasteiger partial charge in [-0.15, -0.1) is 0 Å².